The van der Waals surface area contributed by atoms with E-state index in [1.807, 2.05) is 30.3 Å². The number of halogens is 1. The maximum absolute atomic E-state index is 5.88. The highest BCUT2D eigenvalue weighted by atomic mass is 35.5. The maximum Gasteiger partial charge on any atom is 0.0584 e. The number of aromatic nitrogens is 1. The molecule has 0 saturated heterocycles. The van der Waals surface area contributed by atoms with Crippen molar-refractivity contribution in [2.75, 3.05) is 7.05 Å². The molecule has 19 heavy (non-hydrogen) atoms. The zero-order valence-electron chi connectivity index (χ0n) is 11.0. The van der Waals surface area contributed by atoms with E-state index < -0.39 is 0 Å². The third-order valence-corrected chi connectivity index (χ3v) is 3.24. The zero-order chi connectivity index (χ0) is 13.7. The van der Waals surface area contributed by atoms with Crippen LogP contribution >= 0.6 is 11.6 Å². The first kappa shape index (κ1) is 14.0. The predicted octanol–water partition coefficient (Wildman–Crippen LogP) is 2.83. The predicted molar refractivity (Wildman–Crippen MR) is 78.8 cm³/mol. The molecule has 0 fully saturated rings. The van der Waals surface area contributed by atoms with Gasteiger partial charge in [-0.15, -0.1) is 0 Å². The van der Waals surface area contributed by atoms with Crippen LogP contribution in [0.3, 0.4) is 0 Å². The summed E-state index contributed by atoms with van der Waals surface area (Å²) in [7, 11) is 2.09. The second kappa shape index (κ2) is 6.66. The number of nitrogens with two attached hydrogens (primary N) is 1. The molecule has 0 aliphatic carbocycles. The Kier molecular flexibility index (Phi) is 4.91. The first-order valence-electron chi connectivity index (χ1n) is 6.25. The Balaban J connectivity index is 2.01. The van der Waals surface area contributed by atoms with Gasteiger partial charge in [-0.1, -0.05) is 29.8 Å². The van der Waals surface area contributed by atoms with Crippen LogP contribution in [-0.4, -0.2) is 16.9 Å². The second-order valence-corrected chi connectivity index (χ2v) is 5.05. The lowest BCUT2D eigenvalue weighted by Crippen LogP contribution is -2.19. The fourth-order valence-corrected chi connectivity index (χ4v) is 2.17. The van der Waals surface area contributed by atoms with Crippen LogP contribution in [0.5, 0.6) is 0 Å². The van der Waals surface area contributed by atoms with Crippen LogP contribution in [0.2, 0.25) is 5.02 Å². The largest absolute Gasteiger partial charge is 0.325 e. The molecule has 4 heteroatoms. The quantitative estimate of drug-likeness (QED) is 0.912. The lowest BCUT2D eigenvalue weighted by Gasteiger charge is -2.18. The zero-order valence-corrected chi connectivity index (χ0v) is 11.8. The standard InChI is InChI=1S/C15H18ClN3/c1-19(10-12-4-6-14(16)7-5-12)11-13-3-2-8-18-15(13)9-17/h2-8H,9-11,17H2,1H3. The second-order valence-electron chi connectivity index (χ2n) is 4.61. The van der Waals surface area contributed by atoms with Crippen molar-refractivity contribution in [3.63, 3.8) is 0 Å². The van der Waals surface area contributed by atoms with Crippen molar-refractivity contribution < 1.29 is 0 Å². The van der Waals surface area contributed by atoms with Crippen molar-refractivity contribution in [3.05, 3.63) is 64.4 Å². The van der Waals surface area contributed by atoms with Crippen molar-refractivity contribution in [1.82, 2.24) is 9.88 Å². The van der Waals surface area contributed by atoms with E-state index in [1.54, 1.807) is 6.20 Å². The van der Waals surface area contributed by atoms with Crippen LogP contribution in [0.15, 0.2) is 42.6 Å². The molecule has 1 aromatic carbocycles. The summed E-state index contributed by atoms with van der Waals surface area (Å²) in [6, 6.07) is 12.0. The van der Waals surface area contributed by atoms with Crippen LogP contribution in [0, 0.1) is 0 Å². The van der Waals surface area contributed by atoms with Gasteiger partial charge in [-0.25, -0.2) is 0 Å². The van der Waals surface area contributed by atoms with Gasteiger partial charge in [0.05, 0.1) is 5.69 Å². The number of rotatable bonds is 5. The van der Waals surface area contributed by atoms with E-state index >= 15 is 0 Å². The van der Waals surface area contributed by atoms with Crippen molar-refractivity contribution in [2.45, 2.75) is 19.6 Å². The molecule has 0 bridgehead atoms. The van der Waals surface area contributed by atoms with Gasteiger partial charge >= 0.3 is 0 Å². The van der Waals surface area contributed by atoms with Crippen molar-refractivity contribution in [1.29, 1.82) is 0 Å². The fourth-order valence-electron chi connectivity index (χ4n) is 2.05. The summed E-state index contributed by atoms with van der Waals surface area (Å²) in [5, 5.41) is 0.768. The summed E-state index contributed by atoms with van der Waals surface area (Å²) in [5.74, 6) is 0. The third-order valence-electron chi connectivity index (χ3n) is 2.98. The summed E-state index contributed by atoms with van der Waals surface area (Å²) in [5.41, 5.74) is 9.09. The molecule has 0 unspecified atom stereocenters. The molecule has 0 aliphatic heterocycles. The average molecular weight is 276 g/mol. The van der Waals surface area contributed by atoms with Gasteiger partial charge in [0.1, 0.15) is 0 Å². The normalized spacial score (nSPS) is 10.9. The topological polar surface area (TPSA) is 42.2 Å². The molecule has 2 rings (SSSR count). The molecule has 100 valence electrons. The van der Waals surface area contributed by atoms with Gasteiger partial charge in [-0.2, -0.15) is 0 Å². The van der Waals surface area contributed by atoms with E-state index in [0.29, 0.717) is 6.54 Å². The highest BCUT2D eigenvalue weighted by Crippen LogP contribution is 2.13. The van der Waals surface area contributed by atoms with E-state index in [4.69, 9.17) is 17.3 Å². The van der Waals surface area contributed by atoms with Crippen LogP contribution in [0.25, 0.3) is 0 Å². The fraction of sp³-hybridized carbons (Fsp3) is 0.267. The molecule has 3 nitrogen and oxygen atoms in total. The molecular formula is C15H18ClN3. The molecule has 0 amide bonds. The molecule has 1 heterocycles. The molecule has 1 aromatic heterocycles. The van der Waals surface area contributed by atoms with Crippen LogP contribution in [-0.2, 0) is 19.6 Å². The van der Waals surface area contributed by atoms with Gasteiger partial charge in [-0.3, -0.25) is 9.88 Å². The molecule has 2 aromatic rings. The van der Waals surface area contributed by atoms with Gasteiger partial charge in [0.25, 0.3) is 0 Å². The summed E-state index contributed by atoms with van der Waals surface area (Å²) >= 11 is 5.88. The van der Waals surface area contributed by atoms with Gasteiger partial charge in [0.15, 0.2) is 0 Å². The molecule has 0 radical (unpaired) electrons. The van der Waals surface area contributed by atoms with Crippen LogP contribution < -0.4 is 5.73 Å². The van der Waals surface area contributed by atoms with Crippen molar-refractivity contribution in [3.8, 4) is 0 Å². The molecule has 0 spiro atoms. The van der Waals surface area contributed by atoms with Gasteiger partial charge in [0, 0.05) is 30.9 Å². The maximum atomic E-state index is 5.88. The minimum atomic E-state index is 0.477. The van der Waals surface area contributed by atoms with E-state index in [0.717, 1.165) is 23.8 Å². The third kappa shape index (κ3) is 4.03. The number of hydrogen-bond donors (Lipinski definition) is 1. The van der Waals surface area contributed by atoms with Crippen molar-refractivity contribution in [2.24, 2.45) is 5.73 Å². The van der Waals surface area contributed by atoms with Gasteiger partial charge in [0.2, 0.25) is 0 Å². The van der Waals surface area contributed by atoms with Crippen LogP contribution in [0.4, 0.5) is 0 Å². The lowest BCUT2D eigenvalue weighted by molar-refractivity contribution is 0.317. The lowest BCUT2D eigenvalue weighted by atomic mass is 10.1. The first-order valence-corrected chi connectivity index (χ1v) is 6.62. The summed E-state index contributed by atoms with van der Waals surface area (Å²) < 4.78 is 0. The summed E-state index contributed by atoms with van der Waals surface area (Å²) in [4.78, 5) is 6.54. The minimum Gasteiger partial charge on any atom is -0.325 e. The molecular weight excluding hydrogens is 258 g/mol. The highest BCUT2D eigenvalue weighted by molar-refractivity contribution is 6.30. The monoisotopic (exact) mass is 275 g/mol. The van der Waals surface area contributed by atoms with E-state index in [9.17, 15) is 0 Å². The number of pyridine rings is 1. The Morgan fingerprint density at radius 3 is 2.58 bits per heavy atom. The Labute approximate surface area is 119 Å². The Hall–Kier alpha value is -1.42. The van der Waals surface area contributed by atoms with Crippen molar-refractivity contribution >= 4 is 11.6 Å². The molecule has 0 saturated carbocycles. The van der Waals surface area contributed by atoms with Gasteiger partial charge < -0.3 is 5.73 Å². The van der Waals surface area contributed by atoms with Gasteiger partial charge in [-0.05, 0) is 36.4 Å². The molecule has 0 aliphatic rings. The number of benzene rings is 1. The number of hydrogen-bond acceptors (Lipinski definition) is 3. The van der Waals surface area contributed by atoms with Crippen LogP contribution in [0.1, 0.15) is 16.8 Å². The van der Waals surface area contributed by atoms with E-state index in [-0.39, 0.29) is 0 Å². The summed E-state index contributed by atoms with van der Waals surface area (Å²) in [6.07, 6.45) is 1.78. The summed E-state index contributed by atoms with van der Waals surface area (Å²) in [6.45, 7) is 2.18. The average Bonchev–Trinajstić information content (AvgIpc) is 2.42. The minimum absolute atomic E-state index is 0.477. The number of nitrogens with zero attached hydrogens (tertiary/aromatic N) is 2. The smallest absolute Gasteiger partial charge is 0.0584 e. The highest BCUT2D eigenvalue weighted by Gasteiger charge is 2.06. The van der Waals surface area contributed by atoms with E-state index in [1.165, 1.54) is 11.1 Å². The Morgan fingerprint density at radius 2 is 1.89 bits per heavy atom. The Morgan fingerprint density at radius 1 is 1.16 bits per heavy atom. The Bertz CT molecular complexity index is 525. The van der Waals surface area contributed by atoms with E-state index in [2.05, 4.69) is 23.0 Å². The first-order chi connectivity index (χ1) is 9.19. The SMILES string of the molecule is CN(Cc1ccc(Cl)cc1)Cc1cccnc1CN. The molecule has 0 atom stereocenters. The molecule has 2 N–H and O–H groups in total.